The van der Waals surface area contributed by atoms with Gasteiger partial charge in [0.1, 0.15) is 18.1 Å². The molecule has 172 valence electrons. The highest BCUT2D eigenvalue weighted by Crippen LogP contribution is 2.08. The Labute approximate surface area is 183 Å². The summed E-state index contributed by atoms with van der Waals surface area (Å²) in [5, 5.41) is 8.00. The molecule has 0 fully saturated rings. The molecule has 3 unspecified atom stereocenters. The average molecular weight is 434 g/mol. The molecule has 9 nitrogen and oxygen atoms in total. The topological polar surface area (TPSA) is 156 Å². The fourth-order valence-corrected chi connectivity index (χ4v) is 3.16. The Kier molecular flexibility index (Phi) is 11.3. The molecule has 0 heterocycles. The van der Waals surface area contributed by atoms with Crippen LogP contribution in [0.25, 0.3) is 0 Å². The number of carbonyl (C=O) groups excluding carboxylic acids is 4. The van der Waals surface area contributed by atoms with Crippen molar-refractivity contribution in [3.63, 3.8) is 0 Å². The van der Waals surface area contributed by atoms with Crippen molar-refractivity contribution in [1.82, 2.24) is 16.0 Å². The van der Waals surface area contributed by atoms with Crippen LogP contribution < -0.4 is 27.4 Å². The van der Waals surface area contributed by atoms with E-state index in [1.165, 1.54) is 6.92 Å². The predicted octanol–water partition coefficient (Wildman–Crippen LogP) is -0.0263. The molecule has 7 N–H and O–H groups in total. The summed E-state index contributed by atoms with van der Waals surface area (Å²) >= 11 is 0. The summed E-state index contributed by atoms with van der Waals surface area (Å²) in [6, 6.07) is 6.61. The first-order chi connectivity index (χ1) is 14.6. The molecule has 1 aromatic carbocycles. The van der Waals surface area contributed by atoms with E-state index in [1.54, 1.807) is 13.8 Å². The van der Waals surface area contributed by atoms with Gasteiger partial charge >= 0.3 is 0 Å². The molecule has 0 aliphatic heterocycles. The first-order valence-corrected chi connectivity index (χ1v) is 10.6. The van der Waals surface area contributed by atoms with Crippen molar-refractivity contribution < 1.29 is 19.2 Å². The Morgan fingerprint density at radius 3 is 2.03 bits per heavy atom. The van der Waals surface area contributed by atoms with Gasteiger partial charge in [0, 0.05) is 13.3 Å². The quantitative estimate of drug-likeness (QED) is 0.276. The van der Waals surface area contributed by atoms with E-state index in [-0.39, 0.29) is 18.2 Å². The number of unbranched alkanes of at least 4 members (excludes halogenated alkanes) is 1. The zero-order valence-electron chi connectivity index (χ0n) is 18.5. The van der Waals surface area contributed by atoms with Gasteiger partial charge in [0.15, 0.2) is 0 Å². The second-order valence-corrected chi connectivity index (χ2v) is 7.92. The molecule has 1 aromatic rings. The third-order valence-corrected chi connectivity index (χ3v) is 4.83. The molecule has 0 spiro atoms. The predicted molar refractivity (Wildman–Crippen MR) is 119 cm³/mol. The van der Waals surface area contributed by atoms with E-state index in [1.807, 2.05) is 30.3 Å². The Bertz CT molecular complexity index is 739. The zero-order chi connectivity index (χ0) is 23.4. The van der Waals surface area contributed by atoms with Crippen LogP contribution in [-0.4, -0.2) is 48.3 Å². The van der Waals surface area contributed by atoms with Gasteiger partial charge in [0.05, 0.1) is 0 Å². The van der Waals surface area contributed by atoms with E-state index in [4.69, 9.17) is 11.5 Å². The minimum atomic E-state index is -0.943. The van der Waals surface area contributed by atoms with Gasteiger partial charge in [0.25, 0.3) is 0 Å². The van der Waals surface area contributed by atoms with E-state index in [0.717, 1.165) is 5.56 Å². The van der Waals surface area contributed by atoms with Crippen LogP contribution in [0, 0.1) is 5.92 Å². The lowest BCUT2D eigenvalue weighted by Crippen LogP contribution is -2.57. The molecule has 0 aromatic heterocycles. The fraction of sp³-hybridized carbons (Fsp3) is 0.545. The molecule has 4 amide bonds. The highest BCUT2D eigenvalue weighted by molar-refractivity contribution is 5.94. The summed E-state index contributed by atoms with van der Waals surface area (Å²) in [5.41, 5.74) is 11.8. The molecule has 0 saturated carbocycles. The van der Waals surface area contributed by atoms with E-state index in [2.05, 4.69) is 16.0 Å². The fourth-order valence-electron chi connectivity index (χ4n) is 3.16. The number of rotatable bonds is 13. The molecule has 0 saturated heterocycles. The van der Waals surface area contributed by atoms with Gasteiger partial charge in [-0.3, -0.25) is 19.2 Å². The minimum absolute atomic E-state index is 0.210. The molecular weight excluding hydrogens is 398 g/mol. The number of hydrogen-bond donors (Lipinski definition) is 5. The summed E-state index contributed by atoms with van der Waals surface area (Å²) in [4.78, 5) is 49.1. The van der Waals surface area contributed by atoms with Crippen LogP contribution in [0.1, 0.15) is 45.6 Å². The third-order valence-electron chi connectivity index (χ3n) is 4.83. The third kappa shape index (κ3) is 9.61. The minimum Gasteiger partial charge on any atom is -0.368 e. The lowest BCUT2D eigenvalue weighted by Gasteiger charge is -2.26. The van der Waals surface area contributed by atoms with Crippen molar-refractivity contribution in [2.24, 2.45) is 17.4 Å². The van der Waals surface area contributed by atoms with Crippen molar-refractivity contribution >= 4 is 23.6 Å². The monoisotopic (exact) mass is 433 g/mol. The maximum Gasteiger partial charge on any atom is 0.243 e. The van der Waals surface area contributed by atoms with E-state index < -0.39 is 35.8 Å². The number of carbonyl (C=O) groups is 4. The molecule has 1 rings (SSSR count). The molecule has 0 aliphatic rings. The largest absolute Gasteiger partial charge is 0.368 e. The summed E-state index contributed by atoms with van der Waals surface area (Å²) < 4.78 is 0. The van der Waals surface area contributed by atoms with Gasteiger partial charge in [-0.05, 0) is 37.3 Å². The van der Waals surface area contributed by atoms with Crippen molar-refractivity contribution in [2.45, 2.75) is 64.6 Å². The van der Waals surface area contributed by atoms with E-state index >= 15 is 0 Å². The van der Waals surface area contributed by atoms with Crippen LogP contribution in [0.15, 0.2) is 30.3 Å². The Morgan fingerprint density at radius 1 is 0.903 bits per heavy atom. The van der Waals surface area contributed by atoms with Gasteiger partial charge < -0.3 is 27.4 Å². The van der Waals surface area contributed by atoms with E-state index in [0.29, 0.717) is 25.8 Å². The number of nitrogens with one attached hydrogen (secondary N) is 3. The van der Waals surface area contributed by atoms with E-state index in [9.17, 15) is 19.2 Å². The highest BCUT2D eigenvalue weighted by Gasteiger charge is 2.29. The summed E-state index contributed by atoms with van der Waals surface area (Å²) in [6.07, 6.45) is 1.99. The second kappa shape index (κ2) is 13.4. The van der Waals surface area contributed by atoms with Crippen LogP contribution >= 0.6 is 0 Å². The van der Waals surface area contributed by atoms with Crippen LogP contribution in [0.3, 0.4) is 0 Å². The van der Waals surface area contributed by atoms with Crippen LogP contribution in [-0.2, 0) is 25.6 Å². The lowest BCUT2D eigenvalue weighted by molar-refractivity contribution is -0.133. The summed E-state index contributed by atoms with van der Waals surface area (Å²) in [7, 11) is 0. The van der Waals surface area contributed by atoms with Crippen molar-refractivity contribution in [2.75, 3.05) is 6.54 Å². The molecule has 0 radical (unpaired) electrons. The molecule has 31 heavy (non-hydrogen) atoms. The molecule has 0 bridgehead atoms. The average Bonchev–Trinajstić information content (AvgIpc) is 2.70. The Balaban J connectivity index is 3.02. The van der Waals surface area contributed by atoms with Crippen molar-refractivity contribution in [3.8, 4) is 0 Å². The Hall–Kier alpha value is -2.94. The molecule has 3 atom stereocenters. The molecule has 9 heteroatoms. The Morgan fingerprint density at radius 2 is 1.52 bits per heavy atom. The maximum absolute atomic E-state index is 13.0. The molecule has 0 aliphatic carbocycles. The lowest BCUT2D eigenvalue weighted by atomic mass is 10.0. The first-order valence-electron chi connectivity index (χ1n) is 10.6. The number of nitrogens with two attached hydrogens (primary N) is 2. The van der Waals surface area contributed by atoms with Gasteiger partial charge in [0.2, 0.25) is 23.6 Å². The van der Waals surface area contributed by atoms with Gasteiger partial charge in [-0.15, -0.1) is 0 Å². The van der Waals surface area contributed by atoms with Gasteiger partial charge in [-0.1, -0.05) is 44.2 Å². The second-order valence-electron chi connectivity index (χ2n) is 7.92. The summed E-state index contributed by atoms with van der Waals surface area (Å²) in [6.45, 7) is 5.35. The van der Waals surface area contributed by atoms with Crippen molar-refractivity contribution in [1.29, 1.82) is 0 Å². The number of benzene rings is 1. The maximum atomic E-state index is 13.0. The number of hydrogen-bond acceptors (Lipinski definition) is 5. The number of primary amides is 1. The first kappa shape index (κ1) is 26.1. The normalized spacial score (nSPS) is 13.7. The van der Waals surface area contributed by atoms with Crippen LogP contribution in [0.5, 0.6) is 0 Å². The smallest absolute Gasteiger partial charge is 0.243 e. The van der Waals surface area contributed by atoms with Crippen LogP contribution in [0.4, 0.5) is 0 Å². The van der Waals surface area contributed by atoms with Crippen molar-refractivity contribution in [3.05, 3.63) is 35.9 Å². The number of amides is 4. The van der Waals surface area contributed by atoms with Crippen LogP contribution in [0.2, 0.25) is 0 Å². The molecular formula is C22H35N5O4. The standard InChI is InChI=1S/C22H35N5O4/c1-14(2)19(20(24)29)27-22(31)18(13-16-9-5-4-6-10-16)26-21(30)17(25-15(3)28)11-7-8-12-23/h4-6,9-10,14,17-19H,7-8,11-13,23H2,1-3H3,(H2,24,29)(H,25,28)(H,26,30)(H,27,31). The van der Waals surface area contributed by atoms with Gasteiger partial charge in [-0.25, -0.2) is 0 Å². The SMILES string of the molecule is CC(=O)NC(CCCCN)C(=O)NC(Cc1ccccc1)C(=O)NC(C(N)=O)C(C)C. The van der Waals surface area contributed by atoms with Gasteiger partial charge in [-0.2, -0.15) is 0 Å². The summed E-state index contributed by atoms with van der Waals surface area (Å²) in [5.74, 6) is -2.18. The highest BCUT2D eigenvalue weighted by atomic mass is 16.2. The zero-order valence-corrected chi connectivity index (χ0v) is 18.5.